The molecule has 110 heavy (non-hydrogen) atoms. The van der Waals surface area contributed by atoms with Gasteiger partial charge in [-0.3, -0.25) is 67.3 Å². The third-order valence-corrected chi connectivity index (χ3v) is 19.2. The first-order valence-corrected chi connectivity index (χ1v) is 37.8. The summed E-state index contributed by atoms with van der Waals surface area (Å²) >= 11 is 7.29. The molecule has 588 valence electrons. The van der Waals surface area contributed by atoms with Gasteiger partial charge >= 0.3 is 0 Å². The maximum atomic E-state index is 15.3. The van der Waals surface area contributed by atoms with Crippen molar-refractivity contribution >= 4 is 122 Å². The molecule has 2 heterocycles. The molecule has 31 heteroatoms. The van der Waals surface area contributed by atoms with Gasteiger partial charge in [0.05, 0.1) is 6.61 Å². The van der Waals surface area contributed by atoms with Gasteiger partial charge in [-0.2, -0.15) is 0 Å². The Morgan fingerprint density at radius 3 is 1.50 bits per heavy atom. The number of rotatable bonds is 40. The lowest BCUT2D eigenvalue weighted by atomic mass is 9.99. The molecular formula is C79H100ClN15O14S. The monoisotopic (exact) mass is 1550 g/mol. The number of thioether (sulfide) groups is 1. The molecule has 5 aromatic carbocycles. The number of anilines is 2. The Hall–Kier alpha value is -10.8. The van der Waals surface area contributed by atoms with E-state index in [4.69, 9.17) is 17.3 Å². The maximum Gasteiger partial charge on any atom is 0.254 e. The second-order valence-corrected chi connectivity index (χ2v) is 29.6. The van der Waals surface area contributed by atoms with E-state index in [9.17, 15) is 57.8 Å². The van der Waals surface area contributed by atoms with E-state index in [-0.39, 0.29) is 75.3 Å². The first-order chi connectivity index (χ1) is 52.4. The average molecular weight is 1550 g/mol. The van der Waals surface area contributed by atoms with Crippen molar-refractivity contribution in [3.8, 4) is 0 Å². The highest BCUT2D eigenvalue weighted by Crippen LogP contribution is 2.28. The van der Waals surface area contributed by atoms with E-state index in [1.54, 1.807) is 91.0 Å². The molecule has 7 rings (SSSR count). The summed E-state index contributed by atoms with van der Waals surface area (Å²) in [6.07, 6.45) is 3.88. The number of carbonyl (C=O) groups is 13. The predicted molar refractivity (Wildman–Crippen MR) is 418 cm³/mol. The highest BCUT2D eigenvalue weighted by atomic mass is 35.5. The van der Waals surface area contributed by atoms with Gasteiger partial charge in [0.2, 0.25) is 70.9 Å². The van der Waals surface area contributed by atoms with Crippen LogP contribution in [0.5, 0.6) is 0 Å². The number of benzene rings is 5. The van der Waals surface area contributed by atoms with Crippen LogP contribution in [-0.4, -0.2) is 177 Å². The van der Waals surface area contributed by atoms with Crippen LogP contribution >= 0.6 is 23.4 Å². The lowest BCUT2D eigenvalue weighted by Gasteiger charge is -2.31. The van der Waals surface area contributed by atoms with Gasteiger partial charge in [-0.15, -0.1) is 0 Å². The SMILES string of the molecule is CC(=O)Nc1ccc(C[C@H](NC(=O)[C@H](CO)NC(=O)[C@@H](Cc2cccnc2)NC(=O)[C@@H](Cc2ccc(Cl)cc2)NC(=O)[C@@H](NC(C)=O)Sc2ccc3ccccc3c2)C(=O)N[C@H](Cc2ccc(NC(C)=O)cc2)C(=O)N[C@@H](CC(C)C)C(=O)N[C@@H](CCCCNC(C)C)C(=O)N2CCC[C@H]2C(=O)N[C@H](C)C(N)=O)cc1. The van der Waals surface area contributed by atoms with Crippen LogP contribution in [0.15, 0.2) is 145 Å². The van der Waals surface area contributed by atoms with E-state index in [2.05, 4.69) is 68.8 Å². The van der Waals surface area contributed by atoms with Gasteiger partial charge in [0.15, 0.2) is 5.37 Å². The van der Waals surface area contributed by atoms with E-state index in [1.165, 1.54) is 45.0 Å². The third-order valence-electron chi connectivity index (χ3n) is 17.9. The summed E-state index contributed by atoms with van der Waals surface area (Å²) in [5, 5.41) is 45.1. The minimum Gasteiger partial charge on any atom is -0.394 e. The van der Waals surface area contributed by atoms with Gasteiger partial charge in [0, 0.05) is 92.7 Å². The van der Waals surface area contributed by atoms with Gasteiger partial charge in [0.1, 0.15) is 54.4 Å². The van der Waals surface area contributed by atoms with Crippen molar-refractivity contribution < 1.29 is 67.4 Å². The van der Waals surface area contributed by atoms with Crippen molar-refractivity contribution in [2.24, 2.45) is 11.7 Å². The smallest absolute Gasteiger partial charge is 0.254 e. The van der Waals surface area contributed by atoms with Crippen molar-refractivity contribution in [1.29, 1.82) is 0 Å². The van der Waals surface area contributed by atoms with Crippen molar-refractivity contribution in [2.75, 3.05) is 30.3 Å². The molecule has 0 spiro atoms. The van der Waals surface area contributed by atoms with E-state index in [0.29, 0.717) is 69.4 Å². The van der Waals surface area contributed by atoms with Gasteiger partial charge < -0.3 is 79.5 Å². The number of aliphatic hydroxyl groups excluding tert-OH is 1. The summed E-state index contributed by atoms with van der Waals surface area (Å²) in [4.78, 5) is 188. The van der Waals surface area contributed by atoms with E-state index in [1.807, 2.05) is 64.1 Å². The number of nitrogens with two attached hydrogens (primary N) is 1. The molecule has 0 aliphatic carbocycles. The number of carbonyl (C=O) groups excluding carboxylic acids is 13. The van der Waals surface area contributed by atoms with Gasteiger partial charge in [-0.1, -0.05) is 124 Å². The average Bonchev–Trinajstić information content (AvgIpc) is 1.66. The molecule has 1 aromatic heterocycles. The van der Waals surface area contributed by atoms with Gasteiger partial charge in [-0.25, -0.2) is 0 Å². The first-order valence-electron chi connectivity index (χ1n) is 36.6. The molecular weight excluding hydrogens is 1450 g/mol. The molecule has 1 saturated heterocycles. The van der Waals surface area contributed by atoms with Crippen LogP contribution in [0, 0.1) is 5.92 Å². The quantitative estimate of drug-likeness (QED) is 0.0147. The molecule has 0 bridgehead atoms. The zero-order chi connectivity index (χ0) is 80.1. The zero-order valence-electron chi connectivity index (χ0n) is 62.9. The highest BCUT2D eigenvalue weighted by molar-refractivity contribution is 8.00. The number of likely N-dealkylation sites (tertiary alicyclic amines) is 1. The summed E-state index contributed by atoms with van der Waals surface area (Å²) in [6, 6.07) is 22.9. The standard InChI is InChI=1S/C79H100ClN15O14S/c1-45(2)37-62(70(101)88-61(18-11-12-35-83-46(3)4)79(109)95-36-14-19-68(95)76(107)84-47(5)69(81)100)89-71(102)63(39-52-22-29-58(30-23-52)85-48(6)97)90-72(103)64(40-53-24-31-59(32-25-53)86-49(7)98)92-75(106)67(44-96)94-74(105)66(41-54-15-13-34-82-43-54)91-73(104)65(38-51-20-27-57(80)28-21-51)93-77(108)78(87-50(8)99)110-60-33-26-55-16-9-10-17-56(55)42-60/h9-10,13,15-17,20-34,42-43,45-47,61-68,78,83,96H,11-12,14,18-19,35-41,44H2,1-8H3,(H2,81,100)(H,84,107)(H,85,97)(H,86,98)(H,87,99)(H,88,101)(H,89,102)(H,90,103)(H,91,104)(H,92,106)(H,93,108)(H,94,105)/t47-,61+,62+,63-,64+,65-,66-,67+,68+,78+/m1/s1. The van der Waals surface area contributed by atoms with Crippen LogP contribution in [-0.2, 0) is 88.0 Å². The molecule has 0 saturated carbocycles. The summed E-state index contributed by atoms with van der Waals surface area (Å²) < 4.78 is 0. The van der Waals surface area contributed by atoms with E-state index in [0.717, 1.165) is 22.5 Å². The van der Waals surface area contributed by atoms with Crippen LogP contribution < -0.4 is 69.5 Å². The Labute approximate surface area is 648 Å². The number of fused-ring (bicyclic) bond motifs is 1. The molecule has 0 unspecified atom stereocenters. The molecule has 1 fully saturated rings. The third kappa shape index (κ3) is 28.0. The Bertz CT molecular complexity index is 4200. The Morgan fingerprint density at radius 1 is 0.527 bits per heavy atom. The number of aromatic nitrogens is 1. The lowest BCUT2D eigenvalue weighted by molar-refractivity contribution is -0.142. The number of hydrogen-bond acceptors (Lipinski definition) is 17. The molecule has 6 aromatic rings. The molecule has 15 N–H and O–H groups in total. The second-order valence-electron chi connectivity index (χ2n) is 27.9. The van der Waals surface area contributed by atoms with Crippen molar-refractivity contribution in [1.82, 2.24) is 63.1 Å². The minimum absolute atomic E-state index is 0.0182. The summed E-state index contributed by atoms with van der Waals surface area (Å²) in [7, 11) is 0. The van der Waals surface area contributed by atoms with Crippen LogP contribution in [0.3, 0.4) is 0 Å². The number of hydrogen-bond donors (Lipinski definition) is 14. The van der Waals surface area contributed by atoms with E-state index >= 15 is 9.59 Å². The van der Waals surface area contributed by atoms with Crippen molar-refractivity contribution in [2.45, 2.75) is 190 Å². The van der Waals surface area contributed by atoms with Gasteiger partial charge in [0.25, 0.3) is 5.91 Å². The first kappa shape index (κ1) is 86.4. The molecule has 1 aliphatic heterocycles. The number of pyridine rings is 1. The predicted octanol–water partition coefficient (Wildman–Crippen LogP) is 3.91. The normalized spacial score (nSPS) is 15.0. The Kier molecular flexibility index (Phi) is 33.6. The Morgan fingerprint density at radius 2 is 1.01 bits per heavy atom. The lowest BCUT2D eigenvalue weighted by Crippen LogP contribution is -2.61. The molecule has 10 atom stereocenters. The zero-order valence-corrected chi connectivity index (χ0v) is 64.5. The largest absolute Gasteiger partial charge is 0.394 e. The van der Waals surface area contributed by atoms with Crippen LogP contribution in [0.2, 0.25) is 5.02 Å². The molecule has 1 aliphatic rings. The maximum absolute atomic E-state index is 15.3. The van der Waals surface area contributed by atoms with Crippen LogP contribution in [0.4, 0.5) is 11.4 Å². The minimum atomic E-state index is -1.86. The Balaban J connectivity index is 1.18. The number of amides is 13. The molecule has 29 nitrogen and oxygen atoms in total. The number of aliphatic hydroxyl groups is 1. The number of nitrogens with one attached hydrogen (secondary N) is 12. The highest BCUT2D eigenvalue weighted by Gasteiger charge is 2.41. The van der Waals surface area contributed by atoms with Crippen LogP contribution in [0.25, 0.3) is 10.8 Å². The number of unbranched alkanes of at least 4 members (excludes halogenated alkanes) is 1. The summed E-state index contributed by atoms with van der Waals surface area (Å²) in [5.74, 6) is -9.86. The van der Waals surface area contributed by atoms with Crippen LogP contribution in [0.1, 0.15) is 116 Å². The fourth-order valence-corrected chi connectivity index (χ4v) is 13.4. The number of nitrogens with zero attached hydrogens (tertiary/aromatic N) is 2. The second kappa shape index (κ2) is 42.8. The topological polar surface area (TPSA) is 429 Å². The molecule has 13 amide bonds. The van der Waals surface area contributed by atoms with E-state index < -0.39 is 131 Å². The summed E-state index contributed by atoms with van der Waals surface area (Å²) in [5.41, 5.74) is 8.08. The van der Waals surface area contributed by atoms with Gasteiger partial charge in [-0.05, 0) is 146 Å². The fourth-order valence-electron chi connectivity index (χ4n) is 12.3. The fraction of sp³-hybridized carbons (Fsp3) is 0.418. The molecule has 0 radical (unpaired) electrons. The summed E-state index contributed by atoms with van der Waals surface area (Å²) in [6.45, 7) is 12.6. The van der Waals surface area contributed by atoms with Crippen molar-refractivity contribution in [3.63, 3.8) is 0 Å². The number of halogens is 1. The van der Waals surface area contributed by atoms with Crippen molar-refractivity contribution in [3.05, 3.63) is 167 Å². The number of primary amides is 1.